The summed E-state index contributed by atoms with van der Waals surface area (Å²) in [6.45, 7) is 2.70. The quantitative estimate of drug-likeness (QED) is 0.156. The van der Waals surface area contributed by atoms with Crippen molar-refractivity contribution in [3.05, 3.63) is 56.5 Å². The molecule has 3 fully saturated rings. The molecule has 0 spiro atoms. The summed E-state index contributed by atoms with van der Waals surface area (Å²) >= 11 is 7.80. The van der Waals surface area contributed by atoms with Gasteiger partial charge in [-0.15, -0.1) is 11.3 Å². The maximum atomic E-state index is 16.7. The van der Waals surface area contributed by atoms with Crippen LogP contribution in [0.4, 0.5) is 33.6 Å². The lowest BCUT2D eigenvalue weighted by atomic mass is 9.98. The number of likely N-dealkylation sites (tertiary alicyclic amines) is 1. The average Bonchev–Trinajstić information content (AvgIpc) is 3.86. The number of carbonyl (C=O) groups excluding carboxylic acids is 1. The van der Waals surface area contributed by atoms with E-state index in [1.807, 2.05) is 11.9 Å². The molecule has 3 N–H and O–H groups in total. The lowest BCUT2D eigenvalue weighted by Gasteiger charge is -2.33. The smallest absolute Gasteiger partial charge is 0.418 e. The number of alkyl halides is 3. The number of benzene rings is 1. The molecular formula is C33H32ClF5N8O2S. The van der Waals surface area contributed by atoms with Crippen LogP contribution in [0.1, 0.15) is 41.8 Å². The van der Waals surface area contributed by atoms with Crippen molar-refractivity contribution in [3.8, 4) is 17.3 Å². The highest BCUT2D eigenvalue weighted by Crippen LogP contribution is 2.47. The molecule has 50 heavy (non-hydrogen) atoms. The second-order valence-electron chi connectivity index (χ2n) is 12.9. The minimum Gasteiger partial charge on any atom is -0.462 e. The van der Waals surface area contributed by atoms with E-state index in [0.29, 0.717) is 24.4 Å². The van der Waals surface area contributed by atoms with Crippen LogP contribution in [0.5, 0.6) is 6.01 Å². The van der Waals surface area contributed by atoms with Gasteiger partial charge in [0.15, 0.2) is 11.6 Å². The van der Waals surface area contributed by atoms with E-state index in [0.717, 1.165) is 31.5 Å². The van der Waals surface area contributed by atoms with Gasteiger partial charge in [-0.25, -0.2) is 18.7 Å². The second kappa shape index (κ2) is 13.2. The van der Waals surface area contributed by atoms with Crippen LogP contribution < -0.4 is 20.7 Å². The van der Waals surface area contributed by atoms with Gasteiger partial charge >= 0.3 is 12.2 Å². The summed E-state index contributed by atoms with van der Waals surface area (Å²) in [5, 5.41) is 4.67. The van der Waals surface area contributed by atoms with Crippen molar-refractivity contribution in [2.75, 3.05) is 37.4 Å². The van der Waals surface area contributed by atoms with E-state index in [9.17, 15) is 22.4 Å². The first-order valence-electron chi connectivity index (χ1n) is 16.0. The van der Waals surface area contributed by atoms with Crippen molar-refractivity contribution < 1.29 is 31.5 Å². The van der Waals surface area contributed by atoms with E-state index in [4.69, 9.17) is 22.1 Å². The van der Waals surface area contributed by atoms with Gasteiger partial charge < -0.3 is 25.6 Å². The number of halogens is 6. The van der Waals surface area contributed by atoms with Gasteiger partial charge in [-0.05, 0) is 69.8 Å². The number of nitrogens with one attached hydrogen (secondary N) is 1. The van der Waals surface area contributed by atoms with Gasteiger partial charge in [-0.3, -0.25) is 4.79 Å². The summed E-state index contributed by atoms with van der Waals surface area (Å²) in [6, 6.07) is 1.83. The van der Waals surface area contributed by atoms with E-state index in [2.05, 4.69) is 30.2 Å². The number of aromatic nitrogens is 4. The molecule has 1 aliphatic carbocycles. The van der Waals surface area contributed by atoms with Crippen molar-refractivity contribution in [2.45, 2.75) is 56.9 Å². The SMILES string of the molecule is Cc1cc(N)nc(-c2c(Cl)cc3c(N4CC5CC4C[C@@H]5NC(=O)/C(F)=C/c4nccs4)nc(OCC4CCCN4C)nc3c2F)c1C(F)(F)F. The van der Waals surface area contributed by atoms with E-state index in [-0.39, 0.29) is 69.8 Å². The molecule has 17 heteroatoms. The van der Waals surface area contributed by atoms with Crippen LogP contribution in [0.3, 0.4) is 0 Å². The van der Waals surface area contributed by atoms with Gasteiger partial charge in [-0.1, -0.05) is 11.6 Å². The summed E-state index contributed by atoms with van der Waals surface area (Å²) in [4.78, 5) is 33.6. The fourth-order valence-corrected chi connectivity index (χ4v) is 8.20. The van der Waals surface area contributed by atoms with E-state index >= 15 is 4.39 Å². The molecule has 264 valence electrons. The molecule has 7 rings (SSSR count). The Morgan fingerprint density at radius 1 is 1.24 bits per heavy atom. The summed E-state index contributed by atoms with van der Waals surface area (Å²) < 4.78 is 80.2. The third-order valence-corrected chi connectivity index (χ3v) is 10.7. The number of carbonyl (C=O) groups is 1. The van der Waals surface area contributed by atoms with Crippen LogP contribution in [-0.2, 0) is 11.0 Å². The van der Waals surface area contributed by atoms with Crippen molar-refractivity contribution in [3.63, 3.8) is 0 Å². The number of thiazole rings is 1. The maximum absolute atomic E-state index is 16.7. The molecule has 4 aromatic rings. The molecule has 2 saturated heterocycles. The lowest BCUT2D eigenvalue weighted by molar-refractivity contribution is -0.137. The van der Waals surface area contributed by atoms with Crippen LogP contribution in [0.2, 0.25) is 5.02 Å². The fraction of sp³-hybridized carbons (Fsp3) is 0.424. The normalized spacial score (nSPS) is 22.6. The molecule has 4 atom stereocenters. The number of ether oxygens (including phenoxy) is 1. The first-order valence-corrected chi connectivity index (χ1v) is 17.3. The third kappa shape index (κ3) is 6.44. The molecule has 5 heterocycles. The van der Waals surface area contributed by atoms with Gasteiger partial charge in [0.2, 0.25) is 0 Å². The van der Waals surface area contributed by atoms with Gasteiger partial charge in [0, 0.05) is 47.7 Å². The summed E-state index contributed by atoms with van der Waals surface area (Å²) in [5.41, 5.74) is 2.80. The van der Waals surface area contributed by atoms with Crippen LogP contribution in [0.15, 0.2) is 29.5 Å². The zero-order valence-electron chi connectivity index (χ0n) is 26.9. The number of pyridine rings is 1. The molecular weight excluding hydrogens is 703 g/mol. The molecule has 1 saturated carbocycles. The molecule has 3 aliphatic rings. The molecule has 3 aromatic heterocycles. The Kier molecular flexibility index (Phi) is 9.05. The Labute approximate surface area is 292 Å². The number of rotatable bonds is 8. The number of nitrogens with two attached hydrogens (primary N) is 1. The Hall–Kier alpha value is -4.15. The molecule has 0 radical (unpaired) electrons. The van der Waals surface area contributed by atoms with Gasteiger partial charge in [0.05, 0.1) is 21.8 Å². The van der Waals surface area contributed by atoms with Crippen LogP contribution in [0, 0.1) is 18.7 Å². The number of aryl methyl sites for hydroxylation is 1. The predicted octanol–water partition coefficient (Wildman–Crippen LogP) is 6.42. The summed E-state index contributed by atoms with van der Waals surface area (Å²) in [5.74, 6) is -2.95. The van der Waals surface area contributed by atoms with Crippen LogP contribution >= 0.6 is 22.9 Å². The van der Waals surface area contributed by atoms with Crippen LogP contribution in [-0.4, -0.2) is 75.6 Å². The summed E-state index contributed by atoms with van der Waals surface area (Å²) in [6.07, 6.45) is 0.665. The van der Waals surface area contributed by atoms with Gasteiger partial charge in [-0.2, -0.15) is 23.1 Å². The van der Waals surface area contributed by atoms with E-state index in [1.165, 1.54) is 30.5 Å². The first kappa shape index (κ1) is 34.3. The number of fused-ring (bicyclic) bond motifs is 3. The Balaban J connectivity index is 1.25. The minimum absolute atomic E-state index is 0.0781. The standard InChI is InChI=1S/C33H32ClF5N8O2S/c1-15-8-23(40)43-29(26(15)33(37,38)39)25-20(34)11-19-28(27(25)36)44-32(49-14-17-4-3-6-46(17)2)45-30(19)47-13-16-9-18(47)10-22(16)42-31(48)21(35)12-24-41-5-7-50-24/h5,7-8,11-12,16-18,22H,3-4,6,9-10,13-14H2,1-2H3,(H2,40,43)(H,42,48)/b21-12-/t16?,17?,18?,22-/m0/s1. The maximum Gasteiger partial charge on any atom is 0.418 e. The lowest BCUT2D eigenvalue weighted by Crippen LogP contribution is -2.46. The zero-order chi connectivity index (χ0) is 35.5. The van der Waals surface area contributed by atoms with Crippen molar-refractivity contribution in [2.24, 2.45) is 5.92 Å². The number of piperidine rings is 1. The predicted molar refractivity (Wildman–Crippen MR) is 180 cm³/mol. The first-order chi connectivity index (χ1) is 23.8. The second-order valence-corrected chi connectivity index (χ2v) is 14.3. The van der Waals surface area contributed by atoms with Crippen molar-refractivity contribution in [1.82, 2.24) is 30.2 Å². The highest BCUT2D eigenvalue weighted by atomic mass is 35.5. The largest absolute Gasteiger partial charge is 0.462 e. The van der Waals surface area contributed by atoms with Gasteiger partial charge in [0.25, 0.3) is 5.91 Å². The highest BCUT2D eigenvalue weighted by Gasteiger charge is 2.47. The van der Waals surface area contributed by atoms with E-state index in [1.54, 1.807) is 5.38 Å². The summed E-state index contributed by atoms with van der Waals surface area (Å²) in [7, 11) is 1.97. The highest BCUT2D eigenvalue weighted by molar-refractivity contribution is 7.10. The molecule has 10 nitrogen and oxygen atoms in total. The molecule has 1 aromatic carbocycles. The molecule has 3 unspecified atom stereocenters. The Morgan fingerprint density at radius 2 is 2.04 bits per heavy atom. The van der Waals surface area contributed by atoms with Crippen molar-refractivity contribution in [1.29, 1.82) is 0 Å². The third-order valence-electron chi connectivity index (χ3n) is 9.72. The number of nitrogens with zero attached hydrogens (tertiary/aromatic N) is 6. The average molecular weight is 735 g/mol. The number of hydrogen-bond donors (Lipinski definition) is 2. The topological polar surface area (TPSA) is 122 Å². The minimum atomic E-state index is -4.89. The zero-order valence-corrected chi connectivity index (χ0v) is 28.5. The van der Waals surface area contributed by atoms with Gasteiger partial charge in [0.1, 0.15) is 28.8 Å². The fourth-order valence-electron chi connectivity index (χ4n) is 7.36. The number of likely N-dealkylation sites (N-methyl/N-ethyl adjacent to an activating group) is 1. The molecule has 2 bridgehead atoms. The monoisotopic (exact) mass is 734 g/mol. The molecule has 1 amide bonds. The number of nitrogen functional groups attached to an aromatic ring is 1. The number of hydrogen-bond acceptors (Lipinski definition) is 10. The number of amides is 1. The number of anilines is 2. The van der Waals surface area contributed by atoms with E-state index < -0.39 is 40.5 Å². The van der Waals surface area contributed by atoms with Crippen LogP contribution in [0.25, 0.3) is 28.2 Å². The van der Waals surface area contributed by atoms with Crippen molar-refractivity contribution >= 4 is 57.5 Å². The Morgan fingerprint density at radius 3 is 2.70 bits per heavy atom. The Bertz CT molecular complexity index is 2000. The molecule has 2 aliphatic heterocycles.